The van der Waals surface area contributed by atoms with Gasteiger partial charge in [0.2, 0.25) is 5.29 Å². The van der Waals surface area contributed by atoms with Gasteiger partial charge in [0, 0.05) is 0 Å². The Morgan fingerprint density at radius 1 is 1.73 bits per heavy atom. The van der Waals surface area contributed by atoms with Crippen LogP contribution in [0.15, 0.2) is 4.99 Å². The normalized spacial score (nSPS) is 18.7. The van der Waals surface area contributed by atoms with Crippen molar-refractivity contribution in [2.75, 3.05) is 13.1 Å². The molecule has 0 fully saturated rings. The molecule has 0 saturated heterocycles. The van der Waals surface area contributed by atoms with Gasteiger partial charge in [0.1, 0.15) is 0 Å². The Bertz CT molecular complexity index is 273. The fourth-order valence-corrected chi connectivity index (χ4v) is 1.20. The molecule has 6 nitrogen and oxygen atoms in total. The molecular weight excluding hydrogens is 196 g/mol. The highest BCUT2D eigenvalue weighted by Crippen LogP contribution is 2.07. The van der Waals surface area contributed by atoms with E-state index in [2.05, 4.69) is 9.28 Å². The van der Waals surface area contributed by atoms with E-state index in [4.69, 9.17) is 16.2 Å². The average molecular weight is 201 g/mol. The second kappa shape index (κ2) is 2.94. The molecule has 0 unspecified atom stereocenters. The van der Waals surface area contributed by atoms with E-state index in [1.54, 1.807) is 0 Å². The Morgan fingerprint density at radius 3 is 2.73 bits per heavy atom. The summed E-state index contributed by atoms with van der Waals surface area (Å²) in [5, 5.41) is 0.708. The second-order valence-corrected chi connectivity index (χ2v) is 3.10. The molecule has 0 aromatic carbocycles. The molecule has 0 spiro atoms. The largest absolute Gasteiger partial charge is 0.418 e. The maximum atomic E-state index is 10.1. The Morgan fingerprint density at radius 2 is 2.36 bits per heavy atom. The molecule has 0 radical (unpaired) electrons. The van der Waals surface area contributed by atoms with Crippen molar-refractivity contribution >= 4 is 27.3 Å². The summed E-state index contributed by atoms with van der Waals surface area (Å²) in [5.41, 5.74) is 0. The number of halogens is 1. The highest BCUT2D eigenvalue weighted by atomic mass is 35.5. The minimum atomic E-state index is -4.48. The van der Waals surface area contributed by atoms with E-state index in [9.17, 15) is 8.42 Å². The Labute approximate surface area is 68.3 Å². The van der Waals surface area contributed by atoms with Crippen LogP contribution in [-0.2, 0) is 14.7 Å². The van der Waals surface area contributed by atoms with Crippen molar-refractivity contribution in [3.8, 4) is 0 Å². The molecule has 0 aromatic rings. The van der Waals surface area contributed by atoms with Crippen molar-refractivity contribution < 1.29 is 17.3 Å². The number of hydrogen-bond donors (Lipinski definition) is 1. The van der Waals surface area contributed by atoms with E-state index in [1.165, 1.54) is 0 Å². The molecule has 0 aliphatic carbocycles. The van der Waals surface area contributed by atoms with Gasteiger partial charge in [-0.2, -0.15) is 8.42 Å². The van der Waals surface area contributed by atoms with Gasteiger partial charge in [0.05, 0.1) is 13.1 Å². The molecule has 1 rings (SSSR count). The molecule has 0 amide bonds. The lowest BCUT2D eigenvalue weighted by Gasteiger charge is -2.11. The first-order chi connectivity index (χ1) is 4.99. The number of amidine groups is 1. The number of aliphatic imine (C=N–C) groups is 1. The molecule has 11 heavy (non-hydrogen) atoms. The molecule has 1 heterocycles. The van der Waals surface area contributed by atoms with Gasteiger partial charge in [-0.15, -0.1) is 4.28 Å². The number of hydroxylamine groups is 2. The summed E-state index contributed by atoms with van der Waals surface area (Å²) < 4.78 is 32.4. The van der Waals surface area contributed by atoms with Crippen LogP contribution in [0.3, 0.4) is 0 Å². The molecule has 1 aliphatic rings. The summed E-state index contributed by atoms with van der Waals surface area (Å²) in [6.07, 6.45) is 0. The van der Waals surface area contributed by atoms with E-state index in [-0.39, 0.29) is 11.8 Å². The number of rotatable bonds is 2. The minimum Gasteiger partial charge on any atom is -0.262 e. The van der Waals surface area contributed by atoms with Gasteiger partial charge in [-0.1, -0.05) is 0 Å². The predicted octanol–water partition coefficient (Wildman–Crippen LogP) is -0.369. The predicted molar refractivity (Wildman–Crippen MR) is 37.5 cm³/mol. The van der Waals surface area contributed by atoms with E-state index >= 15 is 0 Å². The first-order valence-electron chi connectivity index (χ1n) is 2.63. The van der Waals surface area contributed by atoms with Crippen LogP contribution in [0, 0.1) is 0 Å². The molecule has 64 valence electrons. The van der Waals surface area contributed by atoms with Crippen LogP contribution in [-0.4, -0.2) is 36.4 Å². The first-order valence-corrected chi connectivity index (χ1v) is 4.38. The Balaban J connectivity index is 2.59. The maximum Gasteiger partial charge on any atom is 0.418 e. The lowest BCUT2D eigenvalue weighted by atomic mass is 10.7. The van der Waals surface area contributed by atoms with Gasteiger partial charge in [0.25, 0.3) is 0 Å². The van der Waals surface area contributed by atoms with Gasteiger partial charge in [-0.05, 0) is 11.6 Å². The van der Waals surface area contributed by atoms with Crippen LogP contribution in [0.25, 0.3) is 0 Å². The van der Waals surface area contributed by atoms with Crippen molar-refractivity contribution in [3.05, 3.63) is 0 Å². The second-order valence-electron chi connectivity index (χ2n) is 1.76. The summed E-state index contributed by atoms with van der Waals surface area (Å²) in [6.45, 7) is 0.576. The van der Waals surface area contributed by atoms with Crippen LogP contribution >= 0.6 is 11.6 Å². The van der Waals surface area contributed by atoms with Crippen molar-refractivity contribution in [1.29, 1.82) is 0 Å². The third-order valence-corrected chi connectivity index (χ3v) is 1.61. The third kappa shape index (κ3) is 2.62. The lowest BCUT2D eigenvalue weighted by Crippen LogP contribution is -2.27. The Kier molecular flexibility index (Phi) is 2.33. The van der Waals surface area contributed by atoms with Crippen molar-refractivity contribution in [2.45, 2.75) is 0 Å². The van der Waals surface area contributed by atoms with Gasteiger partial charge in [-0.3, -0.25) is 9.55 Å². The molecule has 1 N–H and O–H groups in total. The minimum absolute atomic E-state index is 0.0809. The van der Waals surface area contributed by atoms with Crippen molar-refractivity contribution in [2.24, 2.45) is 4.99 Å². The first kappa shape index (κ1) is 8.72. The summed E-state index contributed by atoms with van der Waals surface area (Å²) >= 11 is 5.36. The van der Waals surface area contributed by atoms with E-state index in [0.29, 0.717) is 6.54 Å². The molecule has 0 saturated carbocycles. The van der Waals surface area contributed by atoms with Crippen molar-refractivity contribution in [3.63, 3.8) is 0 Å². The van der Waals surface area contributed by atoms with Gasteiger partial charge < -0.3 is 0 Å². The average Bonchev–Trinajstić information content (AvgIpc) is 2.12. The zero-order valence-electron chi connectivity index (χ0n) is 5.27. The smallest absolute Gasteiger partial charge is 0.262 e. The molecule has 8 heteroatoms. The number of nitrogens with zero attached hydrogens (tertiary/aromatic N) is 2. The monoisotopic (exact) mass is 200 g/mol. The summed E-state index contributed by atoms with van der Waals surface area (Å²) in [5.74, 6) is 0. The quantitative estimate of drug-likeness (QED) is 0.486. The molecule has 0 atom stereocenters. The van der Waals surface area contributed by atoms with E-state index in [0.717, 1.165) is 5.06 Å². The fourth-order valence-electron chi connectivity index (χ4n) is 0.586. The summed E-state index contributed by atoms with van der Waals surface area (Å²) in [7, 11) is -4.48. The van der Waals surface area contributed by atoms with Gasteiger partial charge >= 0.3 is 10.4 Å². The van der Waals surface area contributed by atoms with Gasteiger partial charge in [0.15, 0.2) is 0 Å². The topological polar surface area (TPSA) is 79.2 Å². The lowest BCUT2D eigenvalue weighted by molar-refractivity contribution is 0.0281. The highest BCUT2D eigenvalue weighted by molar-refractivity contribution is 7.80. The molecule has 0 aromatic heterocycles. The molecule has 0 bridgehead atoms. The zero-order valence-corrected chi connectivity index (χ0v) is 6.84. The van der Waals surface area contributed by atoms with Crippen LogP contribution in [0.4, 0.5) is 0 Å². The maximum absolute atomic E-state index is 10.1. The standard InChI is InChI=1S/C3H5ClN2O4S/c4-3-5-1-2-6(3)10-11(7,8)9/h1-2H2,(H,7,8,9). The SMILES string of the molecule is O=S(=O)(O)ON1CCN=C1Cl. The molecular formula is C3H5ClN2O4S. The number of hydrogen-bond acceptors (Lipinski definition) is 5. The highest BCUT2D eigenvalue weighted by Gasteiger charge is 2.20. The van der Waals surface area contributed by atoms with E-state index in [1.807, 2.05) is 0 Å². The third-order valence-electron chi connectivity index (χ3n) is 0.935. The molecule has 1 aliphatic heterocycles. The van der Waals surface area contributed by atoms with Gasteiger partial charge in [-0.25, -0.2) is 5.06 Å². The van der Waals surface area contributed by atoms with Crippen LogP contribution in [0.5, 0.6) is 0 Å². The summed E-state index contributed by atoms with van der Waals surface area (Å²) in [6, 6.07) is 0. The van der Waals surface area contributed by atoms with E-state index < -0.39 is 10.4 Å². The van der Waals surface area contributed by atoms with Crippen molar-refractivity contribution in [1.82, 2.24) is 5.06 Å². The Hall–Kier alpha value is -0.370. The van der Waals surface area contributed by atoms with Crippen LogP contribution in [0.1, 0.15) is 0 Å². The van der Waals surface area contributed by atoms with Crippen LogP contribution < -0.4 is 0 Å². The van der Waals surface area contributed by atoms with Crippen LogP contribution in [0.2, 0.25) is 0 Å². The summed E-state index contributed by atoms with van der Waals surface area (Å²) in [4.78, 5) is 3.61. The fraction of sp³-hybridized carbons (Fsp3) is 0.667. The zero-order chi connectivity index (χ0) is 8.48.